The summed E-state index contributed by atoms with van der Waals surface area (Å²) in [4.78, 5) is 12.5. The molecule has 1 heterocycles. The molecule has 1 fully saturated rings. The van der Waals surface area contributed by atoms with Crippen molar-refractivity contribution in [3.8, 4) is 0 Å². The van der Waals surface area contributed by atoms with Crippen molar-refractivity contribution < 1.29 is 13.2 Å². The summed E-state index contributed by atoms with van der Waals surface area (Å²) in [5.41, 5.74) is 0.618. The lowest BCUT2D eigenvalue weighted by molar-refractivity contribution is -0.119. The van der Waals surface area contributed by atoms with E-state index in [9.17, 15) is 13.2 Å². The Morgan fingerprint density at radius 3 is 2.57 bits per heavy atom. The van der Waals surface area contributed by atoms with Crippen molar-refractivity contribution in [2.45, 2.75) is 37.1 Å². The molecule has 21 heavy (non-hydrogen) atoms. The lowest BCUT2D eigenvalue weighted by Gasteiger charge is -2.28. The predicted octanol–water partition coefficient (Wildman–Crippen LogP) is 1.81. The maximum atomic E-state index is 12.2. The number of nitrogens with one attached hydrogen (secondary N) is 2. The molecular formula is C15H22N2O3S. The van der Waals surface area contributed by atoms with Gasteiger partial charge in [0.25, 0.3) is 0 Å². The van der Waals surface area contributed by atoms with Gasteiger partial charge in [0, 0.05) is 11.9 Å². The van der Waals surface area contributed by atoms with Crippen LogP contribution in [0.15, 0.2) is 29.2 Å². The molecule has 0 saturated carbocycles. The highest BCUT2D eigenvalue weighted by molar-refractivity contribution is 7.90. The van der Waals surface area contributed by atoms with Gasteiger partial charge >= 0.3 is 0 Å². The average molecular weight is 310 g/mol. The van der Waals surface area contributed by atoms with Gasteiger partial charge in [0.15, 0.2) is 9.84 Å². The molecule has 2 atom stereocenters. The number of piperidine rings is 1. The first kappa shape index (κ1) is 16.0. The summed E-state index contributed by atoms with van der Waals surface area (Å²) in [5.74, 6) is 0.537. The lowest BCUT2D eigenvalue weighted by Crippen LogP contribution is -2.46. The molecule has 1 saturated heterocycles. The van der Waals surface area contributed by atoms with Gasteiger partial charge in [0.1, 0.15) is 0 Å². The van der Waals surface area contributed by atoms with E-state index >= 15 is 0 Å². The molecular weight excluding hydrogens is 288 g/mol. The number of amides is 1. The van der Waals surface area contributed by atoms with E-state index in [1.807, 2.05) is 0 Å². The quantitative estimate of drug-likeness (QED) is 0.889. The number of rotatable bonds is 4. The van der Waals surface area contributed by atoms with Crippen molar-refractivity contribution >= 4 is 21.4 Å². The number of carbonyl (C=O) groups excluding carboxylic acids is 1. The third-order valence-corrected chi connectivity index (χ3v) is 5.08. The molecule has 5 nitrogen and oxygen atoms in total. The van der Waals surface area contributed by atoms with Gasteiger partial charge in [-0.2, -0.15) is 0 Å². The Morgan fingerprint density at radius 2 is 2.00 bits per heavy atom. The Balaban J connectivity index is 1.99. The Hall–Kier alpha value is -1.40. The molecule has 1 aromatic rings. The van der Waals surface area contributed by atoms with Crippen LogP contribution in [0, 0.1) is 5.92 Å². The number of hydrogen-bond acceptors (Lipinski definition) is 4. The minimum absolute atomic E-state index is 0.0553. The third kappa shape index (κ3) is 4.28. The van der Waals surface area contributed by atoms with Crippen LogP contribution in [0.3, 0.4) is 0 Å². The molecule has 0 aliphatic carbocycles. The summed E-state index contributed by atoms with van der Waals surface area (Å²) >= 11 is 0. The van der Waals surface area contributed by atoms with Gasteiger partial charge in [-0.3, -0.25) is 4.79 Å². The second-order valence-corrected chi connectivity index (χ2v) is 7.61. The highest BCUT2D eigenvalue weighted by Crippen LogP contribution is 2.20. The zero-order valence-corrected chi connectivity index (χ0v) is 13.2. The van der Waals surface area contributed by atoms with Crippen molar-refractivity contribution in [3.05, 3.63) is 24.3 Å². The standard InChI is InChI=1S/C15H22N2O3S/c1-3-11-8-9-16-14(10-11)15(18)17-12-4-6-13(7-5-12)21(2,19)20/h4-7,11,14,16H,3,8-10H2,1-2H3,(H,17,18). The van der Waals surface area contributed by atoms with Crippen LogP contribution < -0.4 is 10.6 Å². The number of carbonyl (C=O) groups is 1. The maximum absolute atomic E-state index is 12.2. The van der Waals surface area contributed by atoms with Crippen LogP contribution in [0.4, 0.5) is 5.69 Å². The zero-order valence-electron chi connectivity index (χ0n) is 12.4. The van der Waals surface area contributed by atoms with E-state index in [0.29, 0.717) is 11.6 Å². The molecule has 2 rings (SSSR count). The Kier molecular flexibility index (Phi) is 5.00. The van der Waals surface area contributed by atoms with Crippen LogP contribution in [0.2, 0.25) is 0 Å². The van der Waals surface area contributed by atoms with Crippen molar-refractivity contribution in [2.24, 2.45) is 5.92 Å². The number of benzene rings is 1. The Labute approximate surface area is 126 Å². The molecule has 0 radical (unpaired) electrons. The van der Waals surface area contributed by atoms with Gasteiger partial charge in [0.2, 0.25) is 5.91 Å². The summed E-state index contributed by atoms with van der Waals surface area (Å²) < 4.78 is 22.8. The molecule has 116 valence electrons. The van der Waals surface area contributed by atoms with Crippen molar-refractivity contribution in [1.29, 1.82) is 0 Å². The monoisotopic (exact) mass is 310 g/mol. The van der Waals surface area contributed by atoms with Crippen LogP contribution in [0.1, 0.15) is 26.2 Å². The molecule has 1 aliphatic heterocycles. The lowest BCUT2D eigenvalue weighted by atomic mass is 9.90. The van der Waals surface area contributed by atoms with E-state index in [4.69, 9.17) is 0 Å². The van der Waals surface area contributed by atoms with E-state index in [1.54, 1.807) is 12.1 Å². The van der Waals surface area contributed by atoms with Gasteiger partial charge in [-0.25, -0.2) is 8.42 Å². The van der Waals surface area contributed by atoms with Crippen LogP contribution >= 0.6 is 0 Å². The van der Waals surface area contributed by atoms with E-state index in [1.165, 1.54) is 12.1 Å². The molecule has 6 heteroatoms. The largest absolute Gasteiger partial charge is 0.325 e. The summed E-state index contributed by atoms with van der Waals surface area (Å²) in [6.07, 6.45) is 4.22. The van der Waals surface area contributed by atoms with Crippen molar-refractivity contribution in [3.63, 3.8) is 0 Å². The molecule has 1 aliphatic rings. The normalized spacial score (nSPS) is 22.8. The molecule has 0 bridgehead atoms. The molecule has 2 N–H and O–H groups in total. The van der Waals surface area contributed by atoms with Gasteiger partial charge in [0.05, 0.1) is 10.9 Å². The summed E-state index contributed by atoms with van der Waals surface area (Å²) in [6.45, 7) is 3.01. The Morgan fingerprint density at radius 1 is 1.33 bits per heavy atom. The first-order chi connectivity index (χ1) is 9.90. The van der Waals surface area contributed by atoms with Gasteiger partial charge in [-0.05, 0) is 49.6 Å². The first-order valence-electron chi connectivity index (χ1n) is 7.24. The van der Waals surface area contributed by atoms with E-state index in [0.717, 1.165) is 32.1 Å². The van der Waals surface area contributed by atoms with Crippen LogP contribution in [0.25, 0.3) is 0 Å². The van der Waals surface area contributed by atoms with Crippen molar-refractivity contribution in [2.75, 3.05) is 18.1 Å². The van der Waals surface area contributed by atoms with Crippen LogP contribution in [-0.2, 0) is 14.6 Å². The summed E-state index contributed by atoms with van der Waals surface area (Å²) in [6, 6.07) is 6.09. The fraction of sp³-hybridized carbons (Fsp3) is 0.533. The molecule has 0 aromatic heterocycles. The second kappa shape index (κ2) is 6.58. The average Bonchev–Trinajstić information content (AvgIpc) is 2.47. The molecule has 1 aromatic carbocycles. The predicted molar refractivity (Wildman–Crippen MR) is 83.0 cm³/mol. The van der Waals surface area contributed by atoms with Crippen LogP contribution in [0.5, 0.6) is 0 Å². The van der Waals surface area contributed by atoms with Gasteiger partial charge in [-0.15, -0.1) is 0 Å². The topological polar surface area (TPSA) is 75.3 Å². The second-order valence-electron chi connectivity index (χ2n) is 5.59. The van der Waals surface area contributed by atoms with E-state index in [-0.39, 0.29) is 16.8 Å². The minimum Gasteiger partial charge on any atom is -0.325 e. The van der Waals surface area contributed by atoms with E-state index < -0.39 is 9.84 Å². The van der Waals surface area contributed by atoms with E-state index in [2.05, 4.69) is 17.6 Å². The Bertz CT molecular complexity index is 596. The smallest absolute Gasteiger partial charge is 0.241 e. The molecule has 2 unspecified atom stereocenters. The van der Waals surface area contributed by atoms with Gasteiger partial charge < -0.3 is 10.6 Å². The zero-order chi connectivity index (χ0) is 15.5. The third-order valence-electron chi connectivity index (χ3n) is 3.96. The molecule has 1 amide bonds. The van der Waals surface area contributed by atoms with Crippen molar-refractivity contribution in [1.82, 2.24) is 5.32 Å². The summed E-state index contributed by atoms with van der Waals surface area (Å²) in [5, 5.41) is 6.07. The highest BCUT2D eigenvalue weighted by atomic mass is 32.2. The first-order valence-corrected chi connectivity index (χ1v) is 9.13. The van der Waals surface area contributed by atoms with Crippen LogP contribution in [-0.4, -0.2) is 33.2 Å². The fourth-order valence-electron chi connectivity index (χ4n) is 2.58. The SMILES string of the molecule is CCC1CCNC(C(=O)Nc2ccc(S(C)(=O)=O)cc2)C1. The number of anilines is 1. The maximum Gasteiger partial charge on any atom is 0.241 e. The molecule has 0 spiro atoms. The highest BCUT2D eigenvalue weighted by Gasteiger charge is 2.25. The minimum atomic E-state index is -3.20. The number of sulfone groups is 1. The number of hydrogen-bond donors (Lipinski definition) is 2. The van der Waals surface area contributed by atoms with Gasteiger partial charge in [-0.1, -0.05) is 13.3 Å². The summed E-state index contributed by atoms with van der Waals surface area (Å²) in [7, 11) is -3.20. The fourth-order valence-corrected chi connectivity index (χ4v) is 3.21.